The Morgan fingerprint density at radius 3 is 2.62 bits per heavy atom. The van der Waals surface area contributed by atoms with Gasteiger partial charge in [0.25, 0.3) is 5.91 Å². The molecule has 1 heterocycles. The van der Waals surface area contributed by atoms with Gasteiger partial charge in [0.1, 0.15) is 6.61 Å². The summed E-state index contributed by atoms with van der Waals surface area (Å²) in [7, 11) is 1.60. The average molecular weight is 422 g/mol. The van der Waals surface area contributed by atoms with E-state index in [-0.39, 0.29) is 5.91 Å². The van der Waals surface area contributed by atoms with Crippen LogP contribution in [0.4, 0.5) is 5.69 Å². The number of carbonyl (C=O) groups is 1. The highest BCUT2D eigenvalue weighted by Gasteiger charge is 2.11. The van der Waals surface area contributed by atoms with E-state index in [1.165, 1.54) is 6.20 Å². The van der Waals surface area contributed by atoms with E-state index in [1.807, 2.05) is 0 Å². The van der Waals surface area contributed by atoms with Crippen LogP contribution in [0.2, 0.25) is 0 Å². The second-order valence-corrected chi connectivity index (χ2v) is 6.50. The van der Waals surface area contributed by atoms with Gasteiger partial charge in [-0.2, -0.15) is 0 Å². The van der Waals surface area contributed by atoms with Crippen molar-refractivity contribution in [3.8, 4) is 11.5 Å². The van der Waals surface area contributed by atoms with E-state index in [0.717, 1.165) is 24.1 Å². The zero-order valence-electron chi connectivity index (χ0n) is 15.3. The Bertz CT molecular complexity index is 736. The second-order valence-electron chi connectivity index (χ2n) is 5.59. The molecule has 0 bridgehead atoms. The monoisotopic (exact) mass is 421 g/mol. The number of amides is 1. The molecule has 1 aromatic heterocycles. The van der Waals surface area contributed by atoms with Crippen molar-refractivity contribution in [1.29, 1.82) is 0 Å². The van der Waals surface area contributed by atoms with Crippen LogP contribution in [0.3, 0.4) is 0 Å². The Kier molecular flexibility index (Phi) is 7.87. The number of ether oxygens (including phenoxy) is 2. The molecule has 1 aromatic carbocycles. The van der Waals surface area contributed by atoms with Gasteiger partial charge in [-0.05, 0) is 47.2 Å². The molecule has 0 unspecified atom stereocenters. The van der Waals surface area contributed by atoms with Crippen molar-refractivity contribution in [1.82, 2.24) is 9.88 Å². The summed E-state index contributed by atoms with van der Waals surface area (Å²) in [6, 6.07) is 7.04. The Labute approximate surface area is 162 Å². The number of halogens is 1. The fraction of sp³-hybridized carbons (Fsp3) is 0.368. The maximum absolute atomic E-state index is 12.4. The highest BCUT2D eigenvalue weighted by Crippen LogP contribution is 2.30. The molecule has 0 radical (unpaired) electrons. The number of nitrogens with one attached hydrogen (secondary N) is 1. The van der Waals surface area contributed by atoms with Crippen LogP contribution in [-0.4, -0.2) is 49.1 Å². The van der Waals surface area contributed by atoms with Gasteiger partial charge >= 0.3 is 0 Å². The van der Waals surface area contributed by atoms with Gasteiger partial charge in [-0.3, -0.25) is 9.78 Å². The van der Waals surface area contributed by atoms with Gasteiger partial charge in [0.2, 0.25) is 0 Å². The van der Waals surface area contributed by atoms with Crippen LogP contribution >= 0.6 is 15.9 Å². The topological polar surface area (TPSA) is 63.7 Å². The molecule has 0 fully saturated rings. The van der Waals surface area contributed by atoms with Crippen LogP contribution in [-0.2, 0) is 0 Å². The Hall–Kier alpha value is -2.12. The molecule has 0 aliphatic heterocycles. The standard InChI is InChI=1S/C19H24BrN3O3/c1-4-23(5-2)8-9-26-18-11-16(6-7-17(18)25-3)22-19(24)14-10-15(20)13-21-12-14/h6-7,10-13H,4-5,8-9H2,1-3H3,(H,22,24). The number of carbonyl (C=O) groups excluding carboxylic acids is 1. The molecule has 1 N–H and O–H groups in total. The predicted octanol–water partition coefficient (Wildman–Crippen LogP) is 3.83. The number of hydrogen-bond donors (Lipinski definition) is 1. The molecule has 0 atom stereocenters. The van der Waals surface area contributed by atoms with E-state index in [9.17, 15) is 4.79 Å². The number of nitrogens with zero attached hydrogens (tertiary/aromatic N) is 2. The molecule has 26 heavy (non-hydrogen) atoms. The van der Waals surface area contributed by atoms with Gasteiger partial charge in [-0.25, -0.2) is 0 Å². The molecule has 0 aliphatic carbocycles. The molecule has 0 saturated carbocycles. The lowest BCUT2D eigenvalue weighted by Crippen LogP contribution is -2.28. The van der Waals surface area contributed by atoms with Crippen molar-refractivity contribution in [2.75, 3.05) is 38.7 Å². The summed E-state index contributed by atoms with van der Waals surface area (Å²) in [5.41, 5.74) is 1.10. The predicted molar refractivity (Wildman–Crippen MR) is 106 cm³/mol. The molecule has 1 amide bonds. The van der Waals surface area contributed by atoms with Gasteiger partial charge in [0.15, 0.2) is 11.5 Å². The van der Waals surface area contributed by atoms with E-state index in [1.54, 1.807) is 37.6 Å². The fourth-order valence-electron chi connectivity index (χ4n) is 2.43. The molecule has 2 aromatic rings. The summed E-state index contributed by atoms with van der Waals surface area (Å²) in [6.45, 7) is 7.58. The van der Waals surface area contributed by atoms with Crippen LogP contribution in [0.25, 0.3) is 0 Å². The largest absolute Gasteiger partial charge is 0.493 e. The zero-order chi connectivity index (χ0) is 18.9. The van der Waals surface area contributed by atoms with E-state index in [0.29, 0.717) is 29.4 Å². The molecular formula is C19H24BrN3O3. The summed E-state index contributed by atoms with van der Waals surface area (Å²) < 4.78 is 12.0. The van der Waals surface area contributed by atoms with Crippen molar-refractivity contribution in [3.05, 3.63) is 46.7 Å². The number of methoxy groups -OCH3 is 1. The SMILES string of the molecule is CCN(CC)CCOc1cc(NC(=O)c2cncc(Br)c2)ccc1OC. The summed E-state index contributed by atoms with van der Waals surface area (Å²) in [6.07, 6.45) is 3.15. The number of anilines is 1. The first-order chi connectivity index (χ1) is 12.6. The first-order valence-electron chi connectivity index (χ1n) is 8.52. The smallest absolute Gasteiger partial charge is 0.257 e. The number of aromatic nitrogens is 1. The summed E-state index contributed by atoms with van der Waals surface area (Å²) >= 11 is 3.32. The molecule has 0 aliphatic rings. The Balaban J connectivity index is 2.06. The molecule has 140 valence electrons. The van der Waals surface area contributed by atoms with Crippen LogP contribution in [0.5, 0.6) is 11.5 Å². The number of benzene rings is 1. The lowest BCUT2D eigenvalue weighted by atomic mass is 10.2. The van der Waals surface area contributed by atoms with Gasteiger partial charge in [0, 0.05) is 35.2 Å². The molecule has 2 rings (SSSR count). The van der Waals surface area contributed by atoms with Crippen LogP contribution in [0.15, 0.2) is 41.1 Å². The van der Waals surface area contributed by atoms with Crippen molar-refractivity contribution >= 4 is 27.5 Å². The van der Waals surface area contributed by atoms with E-state index < -0.39 is 0 Å². The number of pyridine rings is 1. The first-order valence-corrected chi connectivity index (χ1v) is 9.31. The maximum atomic E-state index is 12.4. The Morgan fingerprint density at radius 2 is 1.96 bits per heavy atom. The van der Waals surface area contributed by atoms with Gasteiger partial charge in [-0.15, -0.1) is 0 Å². The maximum Gasteiger partial charge on any atom is 0.257 e. The molecule has 0 spiro atoms. The molecule has 0 saturated heterocycles. The van der Waals surface area contributed by atoms with Crippen LogP contribution in [0.1, 0.15) is 24.2 Å². The Morgan fingerprint density at radius 1 is 1.19 bits per heavy atom. The lowest BCUT2D eigenvalue weighted by Gasteiger charge is -2.19. The van der Waals surface area contributed by atoms with Crippen molar-refractivity contribution < 1.29 is 14.3 Å². The number of likely N-dealkylation sites (N-methyl/N-ethyl adjacent to an activating group) is 1. The van der Waals surface area contributed by atoms with Gasteiger partial charge in [-0.1, -0.05) is 13.8 Å². The first kappa shape index (κ1) is 20.2. The quantitative estimate of drug-likeness (QED) is 0.666. The van der Waals surface area contributed by atoms with Crippen molar-refractivity contribution in [2.45, 2.75) is 13.8 Å². The number of hydrogen-bond acceptors (Lipinski definition) is 5. The van der Waals surface area contributed by atoms with Gasteiger partial charge in [0.05, 0.1) is 12.7 Å². The number of rotatable bonds is 9. The third kappa shape index (κ3) is 5.71. The third-order valence-corrected chi connectivity index (χ3v) is 4.38. The summed E-state index contributed by atoms with van der Waals surface area (Å²) in [5.74, 6) is 0.995. The van der Waals surface area contributed by atoms with Crippen molar-refractivity contribution in [2.24, 2.45) is 0 Å². The normalized spacial score (nSPS) is 10.7. The van der Waals surface area contributed by atoms with E-state index >= 15 is 0 Å². The summed E-state index contributed by atoms with van der Waals surface area (Å²) in [4.78, 5) is 18.6. The van der Waals surface area contributed by atoms with E-state index in [2.05, 4.69) is 45.0 Å². The molecular weight excluding hydrogens is 398 g/mol. The minimum Gasteiger partial charge on any atom is -0.493 e. The third-order valence-electron chi connectivity index (χ3n) is 3.95. The molecule has 7 heteroatoms. The minimum atomic E-state index is -0.238. The fourth-order valence-corrected chi connectivity index (χ4v) is 2.80. The summed E-state index contributed by atoms with van der Waals surface area (Å²) in [5, 5.41) is 2.85. The highest BCUT2D eigenvalue weighted by atomic mass is 79.9. The lowest BCUT2D eigenvalue weighted by molar-refractivity contribution is 0.102. The highest BCUT2D eigenvalue weighted by molar-refractivity contribution is 9.10. The van der Waals surface area contributed by atoms with Gasteiger partial charge < -0.3 is 19.7 Å². The minimum absolute atomic E-state index is 0.238. The van der Waals surface area contributed by atoms with E-state index in [4.69, 9.17) is 9.47 Å². The average Bonchev–Trinajstić information content (AvgIpc) is 2.65. The van der Waals surface area contributed by atoms with Crippen LogP contribution in [0, 0.1) is 0 Å². The molecule has 6 nitrogen and oxygen atoms in total. The zero-order valence-corrected chi connectivity index (χ0v) is 16.9. The van der Waals surface area contributed by atoms with Crippen LogP contribution < -0.4 is 14.8 Å². The van der Waals surface area contributed by atoms with Crippen molar-refractivity contribution in [3.63, 3.8) is 0 Å². The second kappa shape index (κ2) is 10.1.